The van der Waals surface area contributed by atoms with E-state index in [4.69, 9.17) is 10.5 Å². The van der Waals surface area contributed by atoms with Gasteiger partial charge >= 0.3 is 5.97 Å². The zero-order valence-electron chi connectivity index (χ0n) is 9.32. The molecule has 0 bridgehead atoms. The van der Waals surface area contributed by atoms with Crippen molar-refractivity contribution in [2.24, 2.45) is 5.73 Å². The summed E-state index contributed by atoms with van der Waals surface area (Å²) in [6.07, 6.45) is 0.0388. The fraction of sp³-hybridized carbons (Fsp3) is 0.333. The summed E-state index contributed by atoms with van der Waals surface area (Å²) in [6.45, 7) is -0.205. The number of halogens is 1. The van der Waals surface area contributed by atoms with Crippen molar-refractivity contribution < 1.29 is 18.7 Å². The van der Waals surface area contributed by atoms with Gasteiger partial charge in [0.05, 0.1) is 13.0 Å². The molecule has 0 spiro atoms. The second kappa shape index (κ2) is 6.75. The first-order valence-electron chi connectivity index (χ1n) is 5.24. The molecule has 0 saturated carbocycles. The van der Waals surface area contributed by atoms with Crippen LogP contribution in [0.4, 0.5) is 4.39 Å². The molecule has 0 aliphatic rings. The molecule has 0 aromatic heterocycles. The van der Waals surface area contributed by atoms with Crippen molar-refractivity contribution in [1.82, 2.24) is 0 Å². The predicted molar refractivity (Wildman–Crippen MR) is 59.5 cm³/mol. The first-order valence-corrected chi connectivity index (χ1v) is 5.24. The molecule has 0 aliphatic carbocycles. The van der Waals surface area contributed by atoms with Crippen LogP contribution >= 0.6 is 0 Å². The first kappa shape index (κ1) is 13.3. The molecule has 5 heteroatoms. The molecule has 0 heterocycles. The van der Waals surface area contributed by atoms with E-state index in [-0.39, 0.29) is 31.8 Å². The smallest absolute Gasteiger partial charge is 0.306 e. The van der Waals surface area contributed by atoms with Gasteiger partial charge in [-0.25, -0.2) is 4.39 Å². The Kier molecular flexibility index (Phi) is 5.29. The van der Waals surface area contributed by atoms with Gasteiger partial charge in [-0.3, -0.25) is 9.59 Å². The Morgan fingerprint density at radius 3 is 2.59 bits per heavy atom. The summed E-state index contributed by atoms with van der Waals surface area (Å²) in [5, 5.41) is 0. The molecule has 17 heavy (non-hydrogen) atoms. The van der Waals surface area contributed by atoms with Crippen molar-refractivity contribution in [3.05, 3.63) is 35.6 Å². The largest absolute Gasteiger partial charge is 0.461 e. The molecule has 0 atom stereocenters. The van der Waals surface area contributed by atoms with Gasteiger partial charge in [0.2, 0.25) is 0 Å². The van der Waals surface area contributed by atoms with Crippen LogP contribution < -0.4 is 5.73 Å². The Balaban J connectivity index is 2.34. The summed E-state index contributed by atoms with van der Waals surface area (Å²) in [7, 11) is 0. The lowest BCUT2D eigenvalue weighted by Gasteiger charge is -2.05. The molecule has 0 amide bonds. The lowest BCUT2D eigenvalue weighted by atomic mass is 10.2. The maximum atomic E-state index is 13.1. The van der Waals surface area contributed by atoms with Gasteiger partial charge < -0.3 is 10.5 Å². The van der Waals surface area contributed by atoms with Crippen molar-refractivity contribution in [3.8, 4) is 0 Å². The number of carbonyl (C=O) groups is 2. The number of esters is 1. The number of rotatable bonds is 6. The molecule has 1 aromatic rings. The standard InChI is InChI=1S/C12H14FNO3/c13-11-4-2-1-3-9(11)8-17-12(16)6-5-10(15)7-14/h1-4H,5-8,14H2. The van der Waals surface area contributed by atoms with E-state index in [9.17, 15) is 14.0 Å². The third-order valence-corrected chi connectivity index (χ3v) is 2.18. The van der Waals surface area contributed by atoms with Gasteiger partial charge in [-0.15, -0.1) is 0 Å². The number of hydrogen-bond acceptors (Lipinski definition) is 4. The van der Waals surface area contributed by atoms with Crippen molar-refractivity contribution in [3.63, 3.8) is 0 Å². The van der Waals surface area contributed by atoms with Crippen LogP contribution in [0.25, 0.3) is 0 Å². The van der Waals surface area contributed by atoms with Crippen LogP contribution in [0.1, 0.15) is 18.4 Å². The van der Waals surface area contributed by atoms with Crippen LogP contribution in [0.2, 0.25) is 0 Å². The molecule has 0 fully saturated rings. The van der Waals surface area contributed by atoms with E-state index >= 15 is 0 Å². The third-order valence-electron chi connectivity index (χ3n) is 2.18. The SMILES string of the molecule is NCC(=O)CCC(=O)OCc1ccccc1F. The topological polar surface area (TPSA) is 69.4 Å². The summed E-state index contributed by atoms with van der Waals surface area (Å²) < 4.78 is 18.0. The Hall–Kier alpha value is -1.75. The van der Waals surface area contributed by atoms with E-state index in [1.54, 1.807) is 12.1 Å². The van der Waals surface area contributed by atoms with Crippen LogP contribution in [-0.4, -0.2) is 18.3 Å². The molecule has 92 valence electrons. The second-order valence-corrected chi connectivity index (χ2v) is 3.49. The minimum absolute atomic E-state index is 0.0233. The quantitative estimate of drug-likeness (QED) is 0.757. The van der Waals surface area contributed by atoms with Crippen LogP contribution in [0.3, 0.4) is 0 Å². The van der Waals surface area contributed by atoms with E-state index < -0.39 is 11.8 Å². The fourth-order valence-electron chi connectivity index (χ4n) is 1.19. The molecule has 0 aliphatic heterocycles. The highest BCUT2D eigenvalue weighted by atomic mass is 19.1. The molecule has 0 radical (unpaired) electrons. The number of carbonyl (C=O) groups excluding carboxylic acids is 2. The Labute approximate surface area is 98.6 Å². The molecule has 0 saturated heterocycles. The van der Waals surface area contributed by atoms with Gasteiger partial charge in [0.15, 0.2) is 0 Å². The van der Waals surface area contributed by atoms with Gasteiger partial charge in [-0.2, -0.15) is 0 Å². The second-order valence-electron chi connectivity index (χ2n) is 3.49. The average Bonchev–Trinajstić information content (AvgIpc) is 2.35. The van der Waals surface area contributed by atoms with Crippen molar-refractivity contribution in [1.29, 1.82) is 0 Å². The number of ether oxygens (including phenoxy) is 1. The van der Waals surface area contributed by atoms with Crippen LogP contribution in [-0.2, 0) is 20.9 Å². The van der Waals surface area contributed by atoms with Gasteiger partial charge in [0, 0.05) is 12.0 Å². The third kappa shape index (κ3) is 4.74. The van der Waals surface area contributed by atoms with Gasteiger partial charge in [0.25, 0.3) is 0 Å². The van der Waals surface area contributed by atoms with Crippen molar-refractivity contribution in [2.45, 2.75) is 19.4 Å². The maximum Gasteiger partial charge on any atom is 0.306 e. The molecule has 1 aromatic carbocycles. The Bertz CT molecular complexity index is 406. The summed E-state index contributed by atoms with van der Waals surface area (Å²) in [5.41, 5.74) is 5.40. The highest BCUT2D eigenvalue weighted by Gasteiger charge is 2.08. The highest BCUT2D eigenvalue weighted by molar-refractivity contribution is 5.84. The van der Waals surface area contributed by atoms with E-state index in [2.05, 4.69) is 0 Å². The highest BCUT2D eigenvalue weighted by Crippen LogP contribution is 2.08. The normalized spacial score (nSPS) is 10.0. The average molecular weight is 239 g/mol. The number of ketones is 1. The zero-order chi connectivity index (χ0) is 12.7. The predicted octanol–water partition coefficient (Wildman–Crippen LogP) is 1.18. The fourth-order valence-corrected chi connectivity index (χ4v) is 1.19. The van der Waals surface area contributed by atoms with E-state index in [1.807, 2.05) is 0 Å². The van der Waals surface area contributed by atoms with Crippen molar-refractivity contribution in [2.75, 3.05) is 6.54 Å². The minimum Gasteiger partial charge on any atom is -0.461 e. The molecular weight excluding hydrogens is 225 g/mol. The summed E-state index contributed by atoms with van der Waals surface area (Å²) in [6, 6.07) is 6.04. The van der Waals surface area contributed by atoms with Crippen LogP contribution in [0, 0.1) is 5.82 Å². The van der Waals surface area contributed by atoms with Gasteiger partial charge in [0.1, 0.15) is 18.2 Å². The summed E-state index contributed by atoms with van der Waals surface area (Å²) in [4.78, 5) is 22.1. The van der Waals surface area contributed by atoms with Gasteiger partial charge in [-0.05, 0) is 6.07 Å². The lowest BCUT2D eigenvalue weighted by Crippen LogP contribution is -2.15. The maximum absolute atomic E-state index is 13.1. The molecule has 4 nitrogen and oxygen atoms in total. The van der Waals surface area contributed by atoms with Crippen molar-refractivity contribution >= 4 is 11.8 Å². The zero-order valence-corrected chi connectivity index (χ0v) is 9.32. The monoisotopic (exact) mass is 239 g/mol. The molecule has 1 rings (SSSR count). The van der Waals surface area contributed by atoms with Crippen LogP contribution in [0.15, 0.2) is 24.3 Å². The number of hydrogen-bond donors (Lipinski definition) is 1. The first-order chi connectivity index (χ1) is 8.13. The summed E-state index contributed by atoms with van der Waals surface area (Å²) >= 11 is 0. The number of benzene rings is 1. The lowest BCUT2D eigenvalue weighted by molar-refractivity contribution is -0.146. The summed E-state index contributed by atoms with van der Waals surface area (Å²) in [5.74, 6) is -1.15. The van der Waals surface area contributed by atoms with Gasteiger partial charge in [-0.1, -0.05) is 18.2 Å². The Morgan fingerprint density at radius 1 is 1.24 bits per heavy atom. The van der Waals surface area contributed by atoms with E-state index in [0.29, 0.717) is 5.56 Å². The molecule has 0 unspecified atom stereocenters. The number of nitrogens with two attached hydrogens (primary N) is 1. The van der Waals surface area contributed by atoms with E-state index in [1.165, 1.54) is 12.1 Å². The number of Topliss-reactive ketones (excluding diaryl/α,β-unsaturated/α-hetero) is 1. The molecule has 2 N–H and O–H groups in total. The molecular formula is C12H14FNO3. The van der Waals surface area contributed by atoms with Crippen LogP contribution in [0.5, 0.6) is 0 Å². The minimum atomic E-state index is -0.532. The van der Waals surface area contributed by atoms with E-state index in [0.717, 1.165) is 0 Å². The Morgan fingerprint density at radius 2 is 1.94 bits per heavy atom.